The van der Waals surface area contributed by atoms with Gasteiger partial charge in [0.1, 0.15) is 17.3 Å². The van der Waals surface area contributed by atoms with Crippen LogP contribution >= 0.6 is 11.3 Å². The van der Waals surface area contributed by atoms with Gasteiger partial charge in [-0.15, -0.1) is 11.3 Å². The molecule has 0 spiro atoms. The number of carbonyl (C=O) groups is 2. The van der Waals surface area contributed by atoms with Gasteiger partial charge in [0.05, 0.1) is 30.9 Å². The summed E-state index contributed by atoms with van der Waals surface area (Å²) in [7, 11) is 0. The summed E-state index contributed by atoms with van der Waals surface area (Å²) in [6.45, 7) is 0.793. The second kappa shape index (κ2) is 7.58. The minimum Gasteiger partial charge on any atom is -0.448 e. The number of amides is 2. The summed E-state index contributed by atoms with van der Waals surface area (Å²) in [6, 6.07) is 9.09. The molecular weight excluding hydrogens is 366 g/mol. The van der Waals surface area contributed by atoms with E-state index in [2.05, 4.69) is 20.5 Å². The Labute approximate surface area is 159 Å². The van der Waals surface area contributed by atoms with Gasteiger partial charge in [0.2, 0.25) is 5.91 Å². The molecule has 0 saturated carbocycles. The first kappa shape index (κ1) is 17.2. The Bertz CT molecular complexity index is 926. The summed E-state index contributed by atoms with van der Waals surface area (Å²) in [6.07, 6.45) is 2.96. The van der Waals surface area contributed by atoms with Crippen LogP contribution in [0.5, 0.6) is 0 Å². The summed E-state index contributed by atoms with van der Waals surface area (Å²) in [5, 5.41) is 12.3. The standard InChI is InChI=1S/C18H17N5O3S/c24-15(21-13-11-20-22-16(13)17-19-6-9-27-17)10-14(12-4-2-1-3-5-12)23-7-8-26-18(23)25/h1-6,9,11,14H,7-8,10H2,(H,20,22)(H,21,24). The number of nitrogens with one attached hydrogen (secondary N) is 2. The van der Waals surface area contributed by atoms with E-state index in [9.17, 15) is 9.59 Å². The molecule has 0 bridgehead atoms. The first-order valence-electron chi connectivity index (χ1n) is 8.44. The second-order valence-corrected chi connectivity index (χ2v) is 6.88. The molecule has 9 heteroatoms. The predicted molar refractivity (Wildman–Crippen MR) is 100 cm³/mol. The molecule has 1 unspecified atom stereocenters. The van der Waals surface area contributed by atoms with Crippen molar-refractivity contribution in [2.75, 3.05) is 18.5 Å². The molecule has 4 rings (SSSR count). The fraction of sp³-hybridized carbons (Fsp3) is 0.222. The van der Waals surface area contributed by atoms with Gasteiger partial charge >= 0.3 is 6.09 Å². The van der Waals surface area contributed by atoms with Crippen molar-refractivity contribution in [3.8, 4) is 10.7 Å². The number of rotatable bonds is 6. The van der Waals surface area contributed by atoms with Crippen LogP contribution in [-0.2, 0) is 9.53 Å². The maximum Gasteiger partial charge on any atom is 0.410 e. The van der Waals surface area contributed by atoms with Gasteiger partial charge in [-0.05, 0) is 5.56 Å². The Morgan fingerprint density at radius 3 is 2.93 bits per heavy atom. The van der Waals surface area contributed by atoms with Crippen LogP contribution in [0.25, 0.3) is 10.7 Å². The van der Waals surface area contributed by atoms with Gasteiger partial charge < -0.3 is 10.1 Å². The Morgan fingerprint density at radius 2 is 2.22 bits per heavy atom. The van der Waals surface area contributed by atoms with E-state index in [0.29, 0.717) is 24.5 Å². The van der Waals surface area contributed by atoms with Crippen molar-refractivity contribution in [2.45, 2.75) is 12.5 Å². The SMILES string of the molecule is O=C(CC(c1ccccc1)N1CCOC1=O)Nc1cn[nH]c1-c1nccs1. The van der Waals surface area contributed by atoms with Crippen LogP contribution in [0.15, 0.2) is 48.1 Å². The van der Waals surface area contributed by atoms with E-state index >= 15 is 0 Å². The smallest absolute Gasteiger partial charge is 0.410 e. The number of hydrogen-bond donors (Lipinski definition) is 2. The van der Waals surface area contributed by atoms with Gasteiger partial charge in [0.25, 0.3) is 0 Å². The molecule has 2 N–H and O–H groups in total. The number of ether oxygens (including phenoxy) is 1. The molecule has 0 aliphatic carbocycles. The van der Waals surface area contributed by atoms with Crippen LogP contribution in [0.2, 0.25) is 0 Å². The van der Waals surface area contributed by atoms with Gasteiger partial charge in [-0.1, -0.05) is 30.3 Å². The summed E-state index contributed by atoms with van der Waals surface area (Å²) in [4.78, 5) is 30.6. The fourth-order valence-corrected chi connectivity index (χ4v) is 3.69. The first-order chi connectivity index (χ1) is 13.2. The number of hydrogen-bond acceptors (Lipinski definition) is 6. The number of benzene rings is 1. The average Bonchev–Trinajstić information content (AvgIpc) is 3.42. The maximum absolute atomic E-state index is 12.7. The van der Waals surface area contributed by atoms with Crippen molar-refractivity contribution in [2.24, 2.45) is 0 Å². The zero-order chi connectivity index (χ0) is 18.6. The molecule has 1 aliphatic rings. The highest BCUT2D eigenvalue weighted by molar-refractivity contribution is 7.13. The molecule has 8 nitrogen and oxygen atoms in total. The van der Waals surface area contributed by atoms with Crippen molar-refractivity contribution in [1.29, 1.82) is 0 Å². The number of aromatic nitrogens is 3. The van der Waals surface area contributed by atoms with Gasteiger partial charge in [0, 0.05) is 11.6 Å². The zero-order valence-electron chi connectivity index (χ0n) is 14.3. The van der Waals surface area contributed by atoms with E-state index in [0.717, 1.165) is 10.6 Å². The molecule has 1 saturated heterocycles. The maximum atomic E-state index is 12.7. The van der Waals surface area contributed by atoms with E-state index < -0.39 is 12.1 Å². The van der Waals surface area contributed by atoms with E-state index in [-0.39, 0.29) is 12.3 Å². The van der Waals surface area contributed by atoms with Gasteiger partial charge in [-0.3, -0.25) is 14.8 Å². The second-order valence-electron chi connectivity index (χ2n) is 5.98. The molecule has 3 aromatic rings. The highest BCUT2D eigenvalue weighted by atomic mass is 32.1. The highest BCUT2D eigenvalue weighted by Crippen LogP contribution is 2.30. The summed E-state index contributed by atoms with van der Waals surface area (Å²) in [5.41, 5.74) is 2.11. The summed E-state index contributed by atoms with van der Waals surface area (Å²) < 4.78 is 5.06. The number of carbonyl (C=O) groups excluding carboxylic acids is 2. The molecule has 138 valence electrons. The van der Waals surface area contributed by atoms with E-state index in [1.165, 1.54) is 11.3 Å². The fourth-order valence-electron chi connectivity index (χ4n) is 3.04. The van der Waals surface area contributed by atoms with Crippen molar-refractivity contribution >= 4 is 29.0 Å². The lowest BCUT2D eigenvalue weighted by molar-refractivity contribution is -0.117. The largest absolute Gasteiger partial charge is 0.448 e. The van der Waals surface area contributed by atoms with E-state index in [1.54, 1.807) is 17.3 Å². The predicted octanol–water partition coefficient (Wildman–Crippen LogP) is 3.06. The Hall–Kier alpha value is -3.20. The third-order valence-corrected chi connectivity index (χ3v) is 5.08. The summed E-state index contributed by atoms with van der Waals surface area (Å²) in [5.74, 6) is -0.220. The van der Waals surface area contributed by atoms with Crippen LogP contribution in [0.3, 0.4) is 0 Å². The molecule has 27 heavy (non-hydrogen) atoms. The third kappa shape index (κ3) is 3.68. The minimum atomic E-state index is -0.400. The van der Waals surface area contributed by atoms with Crippen molar-refractivity contribution in [3.63, 3.8) is 0 Å². The van der Waals surface area contributed by atoms with Crippen LogP contribution < -0.4 is 5.32 Å². The molecule has 1 aromatic carbocycles. The van der Waals surface area contributed by atoms with Crippen LogP contribution in [-0.4, -0.2) is 45.2 Å². The topological polar surface area (TPSA) is 100 Å². The molecular formula is C18H17N5O3S. The monoisotopic (exact) mass is 383 g/mol. The first-order valence-corrected chi connectivity index (χ1v) is 9.32. The number of thiazole rings is 1. The average molecular weight is 383 g/mol. The lowest BCUT2D eigenvalue weighted by Gasteiger charge is -2.25. The van der Waals surface area contributed by atoms with Crippen LogP contribution in [0.4, 0.5) is 10.5 Å². The van der Waals surface area contributed by atoms with Gasteiger partial charge in [-0.2, -0.15) is 5.10 Å². The number of H-pyrrole nitrogens is 1. The summed E-state index contributed by atoms with van der Waals surface area (Å²) >= 11 is 1.45. The normalized spacial score (nSPS) is 14.8. The Morgan fingerprint density at radius 1 is 1.37 bits per heavy atom. The van der Waals surface area contributed by atoms with Crippen LogP contribution in [0.1, 0.15) is 18.0 Å². The molecule has 0 radical (unpaired) electrons. The Kier molecular flexibility index (Phi) is 4.84. The number of anilines is 1. The van der Waals surface area contributed by atoms with Gasteiger partial charge in [-0.25, -0.2) is 9.78 Å². The van der Waals surface area contributed by atoms with Gasteiger partial charge in [0.15, 0.2) is 0 Å². The quantitative estimate of drug-likeness (QED) is 0.681. The third-order valence-electron chi connectivity index (χ3n) is 4.29. The number of aromatic amines is 1. The number of cyclic esters (lactones) is 1. The molecule has 1 fully saturated rings. The highest BCUT2D eigenvalue weighted by Gasteiger charge is 2.32. The Balaban J connectivity index is 1.53. The van der Waals surface area contributed by atoms with E-state index in [4.69, 9.17) is 4.74 Å². The van der Waals surface area contributed by atoms with Crippen molar-refractivity contribution in [3.05, 3.63) is 53.7 Å². The lowest BCUT2D eigenvalue weighted by Crippen LogP contribution is -2.32. The van der Waals surface area contributed by atoms with Crippen molar-refractivity contribution in [1.82, 2.24) is 20.1 Å². The van der Waals surface area contributed by atoms with E-state index in [1.807, 2.05) is 35.7 Å². The number of nitrogens with zero attached hydrogens (tertiary/aromatic N) is 3. The molecule has 3 heterocycles. The molecule has 2 amide bonds. The molecule has 1 atom stereocenters. The molecule has 2 aromatic heterocycles. The van der Waals surface area contributed by atoms with Crippen molar-refractivity contribution < 1.29 is 14.3 Å². The van der Waals surface area contributed by atoms with Crippen LogP contribution in [0, 0.1) is 0 Å². The lowest BCUT2D eigenvalue weighted by atomic mass is 10.0. The minimum absolute atomic E-state index is 0.113. The molecule has 1 aliphatic heterocycles. The zero-order valence-corrected chi connectivity index (χ0v) is 15.1.